The first-order valence-corrected chi connectivity index (χ1v) is 33.9. The van der Waals surface area contributed by atoms with Crippen molar-refractivity contribution in [2.24, 2.45) is 23.7 Å². The van der Waals surface area contributed by atoms with Gasteiger partial charge in [0.25, 0.3) is 0 Å². The lowest BCUT2D eigenvalue weighted by molar-refractivity contribution is 0.308. The van der Waals surface area contributed by atoms with E-state index in [0.29, 0.717) is 29.2 Å². The average molecular weight is 1190 g/mol. The quantitative estimate of drug-likeness (QED) is 0.0553. The predicted molar refractivity (Wildman–Crippen MR) is 397 cm³/mol. The Morgan fingerprint density at radius 1 is 0.319 bits per heavy atom. The number of hydrogen-bond acceptors (Lipinski definition) is 1. The average Bonchev–Trinajstić information content (AvgIpc) is 1.57. The molecule has 0 N–H and O–H groups in total. The van der Waals surface area contributed by atoms with Crippen molar-refractivity contribution in [3.63, 3.8) is 0 Å². The van der Waals surface area contributed by atoms with Crippen LogP contribution >= 0.6 is 0 Å². The minimum atomic E-state index is -0.0895. The second kappa shape index (κ2) is 28.8. The summed E-state index contributed by atoms with van der Waals surface area (Å²) >= 11 is 0. The van der Waals surface area contributed by atoms with Crippen molar-refractivity contribution in [2.75, 3.05) is 0 Å². The highest BCUT2D eigenvalue weighted by Gasteiger charge is 2.46. The van der Waals surface area contributed by atoms with Crippen molar-refractivity contribution < 1.29 is 0 Å². The van der Waals surface area contributed by atoms with Crippen LogP contribution in [0.15, 0.2) is 200 Å². The molecule has 0 radical (unpaired) electrons. The van der Waals surface area contributed by atoms with Crippen molar-refractivity contribution in [1.82, 2.24) is 0 Å². The zero-order valence-electron chi connectivity index (χ0n) is 55.3. The van der Waals surface area contributed by atoms with E-state index in [4.69, 9.17) is 0 Å². The van der Waals surface area contributed by atoms with E-state index >= 15 is 0 Å². The van der Waals surface area contributed by atoms with Gasteiger partial charge in [0.1, 0.15) is 0 Å². The smallest absolute Gasteiger partial charge is 0.0998 e. The summed E-state index contributed by atoms with van der Waals surface area (Å²) in [5.74, 6) is 2.41. The summed E-state index contributed by atoms with van der Waals surface area (Å²) in [7, 11) is 0. The van der Waals surface area contributed by atoms with Crippen LogP contribution in [-0.2, 0) is 10.8 Å². The van der Waals surface area contributed by atoms with Crippen LogP contribution in [0.5, 0.6) is 0 Å². The lowest BCUT2D eigenvalue weighted by Crippen LogP contribution is -2.30. The molecule has 4 unspecified atom stereocenters. The zero-order chi connectivity index (χ0) is 63.5. The van der Waals surface area contributed by atoms with Crippen LogP contribution in [0.4, 0.5) is 0 Å². The Kier molecular flexibility index (Phi) is 20.1. The molecule has 2 aliphatic carbocycles. The van der Waals surface area contributed by atoms with Gasteiger partial charge in [0.15, 0.2) is 0 Å². The van der Waals surface area contributed by atoms with E-state index in [2.05, 4.69) is 310 Å². The highest BCUT2D eigenvalue weighted by Crippen LogP contribution is 2.59. The monoisotopic (exact) mass is 1190 g/mol. The van der Waals surface area contributed by atoms with Gasteiger partial charge in [0, 0.05) is 10.8 Å². The number of nitrogens with zero attached hydrogens (tertiary/aromatic N) is 1. The molecule has 456 valence electrons. The van der Waals surface area contributed by atoms with Gasteiger partial charge in [-0.25, -0.2) is 0 Å². The summed E-state index contributed by atoms with van der Waals surface area (Å²) in [5.41, 5.74) is 27.4. The maximum atomic E-state index is 10.1. The van der Waals surface area contributed by atoms with Crippen molar-refractivity contribution in [3.05, 3.63) is 289 Å². The largest absolute Gasteiger partial charge is 0.192 e. The van der Waals surface area contributed by atoms with Crippen LogP contribution in [0.2, 0.25) is 0 Å². The van der Waals surface area contributed by atoms with E-state index in [1.165, 1.54) is 92.4 Å². The minimum Gasteiger partial charge on any atom is -0.192 e. The zero-order valence-corrected chi connectivity index (χ0v) is 55.3. The molecule has 1 nitrogen and oxygen atoms in total. The molecule has 2 aliphatic rings. The third kappa shape index (κ3) is 14.3. The topological polar surface area (TPSA) is 23.8 Å². The van der Waals surface area contributed by atoms with Gasteiger partial charge >= 0.3 is 0 Å². The van der Waals surface area contributed by atoms with E-state index in [9.17, 15) is 5.26 Å². The van der Waals surface area contributed by atoms with E-state index in [1.807, 2.05) is 25.1 Å². The standard InChI is InChI=1S/C90H91N/c1-10-17-67-20-22-68(23-21-67)24-25-69-28-32-72(33-29-69)40-42-75-45-48-77(80(54-75)62-91)47-44-74-38-36-71(37-39-74)27-26-70-30-34-73(35-31-70)41-43-76-46-51-82-84-53-50-79(57-88(84)90(86(82)55-76,60-65(8)13-4)61-66(9)14-5)78-49-52-83-81-18-15-16-19-85(81)89(87(83)56-78,58-63(6)11-2)59-64(7)12-3/h10,15-57,63-66H,11-14,58-61H2,1-9H3/b17-10+,25-24+,27-26+,42-40+,43-41+,47-44+. The molecule has 0 aliphatic heterocycles. The molecule has 0 aromatic heterocycles. The number of fused-ring (bicyclic) bond motifs is 6. The number of rotatable bonds is 24. The van der Waals surface area contributed by atoms with E-state index in [0.717, 1.165) is 64.6 Å². The fraction of sp³-hybridized carbons (Fsp3) is 0.256. The summed E-state index contributed by atoms with van der Waals surface area (Å²) in [6.07, 6.45) is 35.0. The fourth-order valence-corrected chi connectivity index (χ4v) is 14.4. The van der Waals surface area contributed by atoms with Gasteiger partial charge < -0.3 is 0 Å². The molecule has 4 atom stereocenters. The molecule has 0 saturated heterocycles. The highest BCUT2D eigenvalue weighted by molar-refractivity contribution is 5.88. The SMILES string of the molecule is C/C=C/c1ccc(/C=C/c2ccc(/C=C/c3ccc(/C=C/c4ccc(/C=C/c5ccc(/C=C/c6ccc7c(c6)C(CC(C)CC)(CC(C)CC)c6cc(-c8ccc9c(c8)C(CC(C)CC)(CC(C)CC)c8ccccc8-9)ccc6-7)cc5)cc4)c(C#N)c3)cc2)cc1. The highest BCUT2D eigenvalue weighted by atomic mass is 14.5. The number of allylic oxidation sites excluding steroid dienone is 1. The van der Waals surface area contributed by atoms with Gasteiger partial charge in [-0.1, -0.05) is 330 Å². The summed E-state index contributed by atoms with van der Waals surface area (Å²) in [4.78, 5) is 0. The summed E-state index contributed by atoms with van der Waals surface area (Å²) < 4.78 is 0. The molecule has 0 bridgehead atoms. The van der Waals surface area contributed by atoms with Gasteiger partial charge in [-0.2, -0.15) is 5.26 Å². The van der Waals surface area contributed by atoms with Gasteiger partial charge in [-0.15, -0.1) is 0 Å². The first-order chi connectivity index (χ1) is 44.3. The number of benzene rings is 9. The Morgan fingerprint density at radius 3 is 1.00 bits per heavy atom. The Balaban J connectivity index is 0.765. The van der Waals surface area contributed by atoms with Crippen LogP contribution in [0.1, 0.15) is 203 Å². The van der Waals surface area contributed by atoms with Gasteiger partial charge in [-0.05, 0) is 191 Å². The molecule has 9 aromatic rings. The van der Waals surface area contributed by atoms with Crippen LogP contribution in [0.3, 0.4) is 0 Å². The summed E-state index contributed by atoms with van der Waals surface area (Å²) in [6, 6.07) is 74.7. The van der Waals surface area contributed by atoms with Crippen molar-refractivity contribution in [1.29, 1.82) is 5.26 Å². The molecule has 9 aromatic carbocycles. The first kappa shape index (κ1) is 63.5. The van der Waals surface area contributed by atoms with Gasteiger partial charge in [0.2, 0.25) is 0 Å². The van der Waals surface area contributed by atoms with E-state index in [1.54, 1.807) is 11.1 Å². The Labute approximate surface area is 545 Å². The molecular weight excluding hydrogens is 1090 g/mol. The molecule has 0 fully saturated rings. The maximum absolute atomic E-state index is 10.1. The Bertz CT molecular complexity index is 4200. The van der Waals surface area contributed by atoms with Crippen LogP contribution in [-0.4, -0.2) is 0 Å². The Hall–Kier alpha value is -9.09. The summed E-state index contributed by atoms with van der Waals surface area (Å²) in [6.45, 7) is 21.4. The molecular formula is C90H91N. The van der Waals surface area contributed by atoms with Crippen molar-refractivity contribution >= 4 is 66.8 Å². The summed E-state index contributed by atoms with van der Waals surface area (Å²) in [5, 5.41) is 10.1. The molecule has 0 heterocycles. The number of nitriles is 1. The third-order valence-corrected chi connectivity index (χ3v) is 20.2. The molecule has 1 heteroatoms. The van der Waals surface area contributed by atoms with Crippen molar-refractivity contribution in [2.45, 2.75) is 125 Å². The second-order valence-corrected chi connectivity index (χ2v) is 26.7. The minimum absolute atomic E-state index is 0.00618. The predicted octanol–water partition coefficient (Wildman–Crippen LogP) is 25.4. The normalized spacial score (nSPS) is 17.3. The first-order valence-electron chi connectivity index (χ1n) is 33.9. The van der Waals surface area contributed by atoms with Gasteiger partial charge in [0.05, 0.1) is 11.6 Å². The third-order valence-electron chi connectivity index (χ3n) is 20.2. The van der Waals surface area contributed by atoms with Crippen molar-refractivity contribution in [3.8, 4) is 39.4 Å². The molecule has 0 spiro atoms. The lowest BCUT2D eigenvalue weighted by Gasteiger charge is -2.37. The van der Waals surface area contributed by atoms with E-state index in [-0.39, 0.29) is 10.8 Å². The van der Waals surface area contributed by atoms with Crippen LogP contribution in [0, 0.1) is 35.0 Å². The van der Waals surface area contributed by atoms with E-state index < -0.39 is 0 Å². The fourth-order valence-electron chi connectivity index (χ4n) is 14.4. The molecule has 0 saturated carbocycles. The lowest BCUT2D eigenvalue weighted by atomic mass is 9.66. The van der Waals surface area contributed by atoms with Crippen LogP contribution in [0.25, 0.3) is 100 Å². The van der Waals surface area contributed by atoms with Gasteiger partial charge in [-0.3, -0.25) is 0 Å². The molecule has 0 amide bonds. The van der Waals surface area contributed by atoms with Crippen LogP contribution < -0.4 is 0 Å². The second-order valence-electron chi connectivity index (χ2n) is 26.7. The molecule has 91 heavy (non-hydrogen) atoms. The maximum Gasteiger partial charge on any atom is 0.0998 e. The molecule has 11 rings (SSSR count). The number of hydrogen-bond donors (Lipinski definition) is 0. The Morgan fingerprint density at radius 2 is 0.615 bits per heavy atom.